The third-order valence-corrected chi connectivity index (χ3v) is 6.16. The van der Waals surface area contributed by atoms with Crippen LogP contribution in [0, 0.1) is 0 Å². The summed E-state index contributed by atoms with van der Waals surface area (Å²) in [5.41, 5.74) is 2.94. The molecule has 5 rings (SSSR count). The summed E-state index contributed by atoms with van der Waals surface area (Å²) in [6.45, 7) is 0. The molecule has 4 N–H and O–H groups in total. The van der Waals surface area contributed by atoms with E-state index in [1.807, 2.05) is 0 Å². The van der Waals surface area contributed by atoms with Crippen LogP contribution >= 0.6 is 0 Å². The number of nitrogens with one attached hydrogen (secondary N) is 2. The van der Waals surface area contributed by atoms with Gasteiger partial charge in [-0.2, -0.15) is 31.4 Å². The number of amides is 2. The normalized spacial score (nSPS) is 11.8. The molecule has 0 radical (unpaired) electrons. The molecule has 0 unspecified atom stereocenters. The van der Waals surface area contributed by atoms with Gasteiger partial charge in [0.25, 0.3) is 6.43 Å². The zero-order valence-corrected chi connectivity index (χ0v) is 22.7. The first-order valence-electron chi connectivity index (χ1n) is 12.7. The predicted molar refractivity (Wildman–Crippen MR) is 147 cm³/mol. The Labute approximate surface area is 252 Å². The van der Waals surface area contributed by atoms with Gasteiger partial charge >= 0.3 is 24.4 Å². The molecule has 3 heterocycles. The van der Waals surface area contributed by atoms with Crippen LogP contribution in [0.15, 0.2) is 79.4 Å². The van der Waals surface area contributed by atoms with Gasteiger partial charge in [-0.15, -0.1) is 0 Å². The van der Waals surface area contributed by atoms with Gasteiger partial charge in [0, 0.05) is 18.0 Å². The summed E-state index contributed by atoms with van der Waals surface area (Å²) in [6, 6.07) is 8.69. The van der Waals surface area contributed by atoms with Crippen molar-refractivity contribution in [2.75, 3.05) is 16.4 Å². The van der Waals surface area contributed by atoms with Gasteiger partial charge in [0.05, 0.1) is 40.6 Å². The zero-order valence-electron chi connectivity index (χ0n) is 22.7. The van der Waals surface area contributed by atoms with Gasteiger partial charge in [-0.1, -0.05) is 12.1 Å². The summed E-state index contributed by atoms with van der Waals surface area (Å²) in [6.07, 6.45) is -8.32. The molecule has 0 fully saturated rings. The molecule has 5 aromatic rings. The Bertz CT molecular complexity index is 1860. The molecule has 18 heteroatoms. The van der Waals surface area contributed by atoms with E-state index < -0.39 is 41.6 Å². The number of nitrogen functional groups attached to an aromatic ring is 1. The summed E-state index contributed by atoms with van der Waals surface area (Å²) in [7, 11) is 0. The average Bonchev–Trinajstić information content (AvgIpc) is 3.49. The molecule has 10 nitrogen and oxygen atoms in total. The SMILES string of the molecule is Nc1ncc(C(F)(F)F)cc1-c1ccc(Oc2ncc(NC(=O)Nc3cc(C(F)(F)F)ccc3-n3ccc(C(F)F)n3)cn2)cc1. The monoisotopic (exact) mass is 650 g/mol. The van der Waals surface area contributed by atoms with Gasteiger partial charge in [0.2, 0.25) is 0 Å². The first-order valence-corrected chi connectivity index (χ1v) is 12.7. The minimum atomic E-state index is -4.77. The zero-order chi connectivity index (χ0) is 33.2. The number of aromatic nitrogens is 5. The Morgan fingerprint density at radius 3 is 2.11 bits per heavy atom. The third kappa shape index (κ3) is 7.28. The van der Waals surface area contributed by atoms with Gasteiger partial charge in [-0.3, -0.25) is 0 Å². The van der Waals surface area contributed by atoms with E-state index in [0.29, 0.717) is 23.9 Å². The highest BCUT2D eigenvalue weighted by Gasteiger charge is 2.32. The molecular formula is C28H18F8N8O2. The maximum absolute atomic E-state index is 13.3. The predicted octanol–water partition coefficient (Wildman–Crippen LogP) is 7.72. The molecule has 0 saturated heterocycles. The van der Waals surface area contributed by atoms with Crippen molar-refractivity contribution in [3.8, 4) is 28.6 Å². The lowest BCUT2D eigenvalue weighted by atomic mass is 10.0. The maximum atomic E-state index is 13.3. The van der Waals surface area contributed by atoms with Crippen molar-refractivity contribution in [2.45, 2.75) is 18.8 Å². The molecule has 0 aliphatic heterocycles. The summed E-state index contributed by atoms with van der Waals surface area (Å²) in [5.74, 6) is 0.0927. The molecular weight excluding hydrogens is 632 g/mol. The Kier molecular flexibility index (Phi) is 8.45. The first-order chi connectivity index (χ1) is 21.7. The number of carbonyl (C=O) groups is 1. The maximum Gasteiger partial charge on any atom is 0.417 e. The molecule has 2 aromatic carbocycles. The van der Waals surface area contributed by atoms with Crippen LogP contribution in [0.4, 0.5) is 57.1 Å². The second-order valence-corrected chi connectivity index (χ2v) is 9.33. The molecule has 3 aromatic heterocycles. The quantitative estimate of drug-likeness (QED) is 0.154. The number of halogens is 8. The van der Waals surface area contributed by atoms with Crippen LogP contribution in [0.2, 0.25) is 0 Å². The third-order valence-electron chi connectivity index (χ3n) is 6.16. The van der Waals surface area contributed by atoms with Crippen molar-refractivity contribution in [1.82, 2.24) is 24.7 Å². The van der Waals surface area contributed by atoms with Crippen LogP contribution in [0.3, 0.4) is 0 Å². The highest BCUT2D eigenvalue weighted by molar-refractivity contribution is 6.00. The molecule has 0 spiro atoms. The number of anilines is 3. The Balaban J connectivity index is 1.26. The summed E-state index contributed by atoms with van der Waals surface area (Å²) in [5, 5.41) is 8.20. The smallest absolute Gasteiger partial charge is 0.417 e. The van der Waals surface area contributed by atoms with Crippen molar-refractivity contribution < 1.29 is 44.7 Å². The highest BCUT2D eigenvalue weighted by Crippen LogP contribution is 2.35. The van der Waals surface area contributed by atoms with E-state index in [4.69, 9.17) is 10.5 Å². The number of hydrogen-bond acceptors (Lipinski definition) is 7. The fourth-order valence-corrected chi connectivity index (χ4v) is 3.99. The van der Waals surface area contributed by atoms with E-state index in [1.54, 1.807) is 0 Å². The van der Waals surface area contributed by atoms with Crippen molar-refractivity contribution >= 4 is 23.2 Å². The van der Waals surface area contributed by atoms with Crippen LogP contribution in [-0.4, -0.2) is 30.8 Å². The molecule has 238 valence electrons. The lowest BCUT2D eigenvalue weighted by molar-refractivity contribution is -0.138. The van der Waals surface area contributed by atoms with Crippen molar-refractivity contribution in [1.29, 1.82) is 0 Å². The molecule has 0 bridgehead atoms. The van der Waals surface area contributed by atoms with E-state index in [2.05, 4.69) is 30.7 Å². The highest BCUT2D eigenvalue weighted by atomic mass is 19.4. The minimum Gasteiger partial charge on any atom is -0.424 e. The fourth-order valence-electron chi connectivity index (χ4n) is 3.99. The van der Waals surface area contributed by atoms with Crippen LogP contribution in [0.5, 0.6) is 11.8 Å². The van der Waals surface area contributed by atoms with Gasteiger partial charge in [-0.05, 0) is 48.0 Å². The van der Waals surface area contributed by atoms with Crippen LogP contribution in [0.1, 0.15) is 23.2 Å². The molecule has 0 saturated carbocycles. The van der Waals surface area contributed by atoms with Crippen LogP contribution < -0.4 is 21.1 Å². The fraction of sp³-hybridized carbons (Fsp3) is 0.107. The number of hydrogen-bond donors (Lipinski definition) is 3. The van der Waals surface area contributed by atoms with Gasteiger partial charge < -0.3 is 21.1 Å². The van der Waals surface area contributed by atoms with Crippen molar-refractivity contribution in [3.05, 3.63) is 96.2 Å². The minimum absolute atomic E-state index is 0.000298. The van der Waals surface area contributed by atoms with Gasteiger partial charge in [-0.25, -0.2) is 33.2 Å². The molecule has 0 aliphatic rings. The number of urea groups is 1. The molecule has 0 atom stereocenters. The van der Waals surface area contributed by atoms with E-state index >= 15 is 0 Å². The Morgan fingerprint density at radius 1 is 0.826 bits per heavy atom. The van der Waals surface area contributed by atoms with Crippen molar-refractivity contribution in [2.24, 2.45) is 0 Å². The van der Waals surface area contributed by atoms with E-state index in [-0.39, 0.29) is 40.2 Å². The summed E-state index contributed by atoms with van der Waals surface area (Å²) >= 11 is 0. The topological polar surface area (TPSA) is 133 Å². The second kappa shape index (κ2) is 12.3. The van der Waals surface area contributed by atoms with E-state index in [9.17, 15) is 39.9 Å². The van der Waals surface area contributed by atoms with E-state index in [1.165, 1.54) is 24.3 Å². The van der Waals surface area contributed by atoms with Crippen molar-refractivity contribution in [3.63, 3.8) is 0 Å². The average molecular weight is 650 g/mol. The lowest BCUT2D eigenvalue weighted by Crippen LogP contribution is -2.21. The number of nitrogens with two attached hydrogens (primary N) is 1. The number of alkyl halides is 8. The molecule has 2 amide bonds. The van der Waals surface area contributed by atoms with Gasteiger partial charge in [0.15, 0.2) is 0 Å². The number of benzene rings is 2. The first kappa shape index (κ1) is 31.6. The standard InChI is InChI=1S/C28H18F8N8O2/c29-23(30)20-7-8-44(43-20)22-6-3-15(27(31,32)33)10-21(22)42-25(45)41-17-12-39-26(40-13-17)46-18-4-1-14(2-5-18)19-9-16(28(34,35)36)11-38-24(19)37/h1-13,23H,(H2,37,38)(H2,41,42,45). The van der Waals surface area contributed by atoms with Gasteiger partial charge in [0.1, 0.15) is 17.3 Å². The summed E-state index contributed by atoms with van der Waals surface area (Å²) < 4.78 is 112. The van der Waals surface area contributed by atoms with Crippen LogP contribution in [-0.2, 0) is 12.4 Å². The number of pyridine rings is 1. The molecule has 46 heavy (non-hydrogen) atoms. The lowest BCUT2D eigenvalue weighted by Gasteiger charge is -2.15. The summed E-state index contributed by atoms with van der Waals surface area (Å²) in [4.78, 5) is 24.1. The number of carbonyl (C=O) groups excluding carboxylic acids is 1. The van der Waals surface area contributed by atoms with Crippen LogP contribution in [0.25, 0.3) is 16.8 Å². The number of nitrogens with zero attached hydrogens (tertiary/aromatic N) is 5. The number of rotatable bonds is 7. The largest absolute Gasteiger partial charge is 0.424 e. The second-order valence-electron chi connectivity index (χ2n) is 9.33. The van der Waals surface area contributed by atoms with E-state index in [0.717, 1.165) is 41.5 Å². The number of ether oxygens (including phenoxy) is 1. The Morgan fingerprint density at radius 2 is 1.50 bits per heavy atom. The Hall–Kier alpha value is -5.81. The molecule has 0 aliphatic carbocycles.